The maximum Gasteiger partial charge on any atom is 0.0574 e. The Kier molecular flexibility index (Phi) is 5.26. The zero-order valence-corrected chi connectivity index (χ0v) is 11.7. The van der Waals surface area contributed by atoms with Gasteiger partial charge in [0.1, 0.15) is 0 Å². The first-order valence-electron chi connectivity index (χ1n) is 6.99. The topological polar surface area (TPSA) is 18.5 Å². The van der Waals surface area contributed by atoms with Gasteiger partial charge in [0, 0.05) is 44.5 Å². The Morgan fingerprint density at radius 2 is 1.89 bits per heavy atom. The summed E-state index contributed by atoms with van der Waals surface area (Å²) in [5.41, 5.74) is 1.33. The third-order valence-corrected chi connectivity index (χ3v) is 3.73. The van der Waals surface area contributed by atoms with Crippen LogP contribution in [-0.2, 0) is 0 Å². The van der Waals surface area contributed by atoms with E-state index in [1.54, 1.807) is 0 Å². The summed E-state index contributed by atoms with van der Waals surface area (Å²) in [4.78, 5) is 4.99. The highest BCUT2D eigenvalue weighted by atomic mass is 15.3. The molecular formula is C16H23N3. The molecule has 0 aromatic heterocycles. The second-order valence-corrected chi connectivity index (χ2v) is 5.04. The minimum atomic E-state index is 0.547. The predicted octanol–water partition coefficient (Wildman–Crippen LogP) is 1.42. The van der Waals surface area contributed by atoms with Crippen molar-refractivity contribution in [3.63, 3.8) is 0 Å². The van der Waals surface area contributed by atoms with Gasteiger partial charge in [0.25, 0.3) is 0 Å². The van der Waals surface area contributed by atoms with Crippen LogP contribution in [0.25, 0.3) is 0 Å². The summed E-state index contributed by atoms with van der Waals surface area (Å²) < 4.78 is 0. The molecule has 1 atom stereocenters. The van der Waals surface area contributed by atoms with Crippen LogP contribution >= 0.6 is 0 Å². The quantitative estimate of drug-likeness (QED) is 0.636. The molecule has 1 aromatic rings. The fourth-order valence-electron chi connectivity index (χ4n) is 2.54. The van der Waals surface area contributed by atoms with Crippen molar-refractivity contribution >= 4 is 5.69 Å². The number of hydrogen-bond donors (Lipinski definition) is 1. The zero-order valence-electron chi connectivity index (χ0n) is 11.7. The summed E-state index contributed by atoms with van der Waals surface area (Å²) in [6, 6.07) is 11.2. The van der Waals surface area contributed by atoms with Gasteiger partial charge in [-0.3, -0.25) is 4.90 Å². The fraction of sp³-hybridized carbons (Fsp3) is 0.500. The molecule has 1 aromatic carbocycles. The fourth-order valence-corrected chi connectivity index (χ4v) is 2.54. The van der Waals surface area contributed by atoms with Crippen LogP contribution in [0, 0.1) is 12.3 Å². The summed E-state index contributed by atoms with van der Waals surface area (Å²) in [7, 11) is 0. The van der Waals surface area contributed by atoms with E-state index < -0.39 is 0 Å². The van der Waals surface area contributed by atoms with Gasteiger partial charge in [-0.15, -0.1) is 6.42 Å². The molecule has 0 amide bonds. The lowest BCUT2D eigenvalue weighted by Crippen LogP contribution is -2.52. The molecule has 3 heteroatoms. The van der Waals surface area contributed by atoms with Gasteiger partial charge < -0.3 is 10.2 Å². The number of terminal acetylenes is 1. The van der Waals surface area contributed by atoms with Crippen molar-refractivity contribution in [1.82, 2.24) is 10.2 Å². The molecule has 0 radical (unpaired) electrons. The maximum absolute atomic E-state index is 5.24. The Morgan fingerprint density at radius 3 is 2.53 bits per heavy atom. The van der Waals surface area contributed by atoms with Crippen molar-refractivity contribution < 1.29 is 0 Å². The minimum Gasteiger partial charge on any atom is -0.369 e. The summed E-state index contributed by atoms with van der Waals surface area (Å²) in [6.45, 7) is 8.33. The Morgan fingerprint density at radius 1 is 1.21 bits per heavy atom. The molecule has 19 heavy (non-hydrogen) atoms. The number of anilines is 1. The van der Waals surface area contributed by atoms with Crippen molar-refractivity contribution in [3.05, 3.63) is 30.3 Å². The summed E-state index contributed by atoms with van der Waals surface area (Å²) in [5.74, 6) is 2.62. The first-order chi connectivity index (χ1) is 9.31. The van der Waals surface area contributed by atoms with Crippen LogP contribution in [0.3, 0.4) is 0 Å². The van der Waals surface area contributed by atoms with Crippen molar-refractivity contribution in [1.29, 1.82) is 0 Å². The van der Waals surface area contributed by atoms with Crippen LogP contribution < -0.4 is 10.2 Å². The van der Waals surface area contributed by atoms with Crippen molar-refractivity contribution in [2.75, 3.05) is 44.2 Å². The Labute approximate surface area is 116 Å². The number of hydrogen-bond acceptors (Lipinski definition) is 3. The number of rotatable bonds is 5. The molecule has 2 rings (SSSR count). The Balaban J connectivity index is 1.78. The Hall–Kier alpha value is -1.50. The highest BCUT2D eigenvalue weighted by Crippen LogP contribution is 2.16. The normalized spacial score (nSPS) is 18.0. The maximum atomic E-state index is 5.24. The van der Waals surface area contributed by atoms with Gasteiger partial charge in [-0.25, -0.2) is 0 Å². The molecule has 1 heterocycles. The molecule has 1 aliphatic heterocycles. The van der Waals surface area contributed by atoms with E-state index in [-0.39, 0.29) is 0 Å². The van der Waals surface area contributed by atoms with E-state index in [1.165, 1.54) is 5.69 Å². The second-order valence-electron chi connectivity index (χ2n) is 5.04. The summed E-state index contributed by atoms with van der Waals surface area (Å²) in [5, 5.41) is 3.28. The van der Waals surface area contributed by atoms with Crippen LogP contribution in [0.1, 0.15) is 6.92 Å². The number of piperazine rings is 1. The average Bonchev–Trinajstić information content (AvgIpc) is 2.48. The molecule has 1 N–H and O–H groups in total. The van der Waals surface area contributed by atoms with E-state index in [1.807, 2.05) is 0 Å². The third kappa shape index (κ3) is 3.99. The third-order valence-electron chi connectivity index (χ3n) is 3.73. The molecule has 1 unspecified atom stereocenters. The van der Waals surface area contributed by atoms with E-state index in [0.29, 0.717) is 12.6 Å². The lowest BCUT2D eigenvalue weighted by molar-refractivity contribution is 0.194. The summed E-state index contributed by atoms with van der Waals surface area (Å²) in [6.07, 6.45) is 5.24. The number of para-hydroxylation sites is 1. The number of benzene rings is 1. The lowest BCUT2D eigenvalue weighted by Gasteiger charge is -2.39. The first kappa shape index (κ1) is 13.9. The molecule has 1 saturated heterocycles. The molecule has 0 bridgehead atoms. The van der Waals surface area contributed by atoms with E-state index >= 15 is 0 Å². The van der Waals surface area contributed by atoms with E-state index in [9.17, 15) is 0 Å². The molecule has 3 nitrogen and oxygen atoms in total. The number of nitrogens with one attached hydrogen (secondary N) is 1. The molecule has 1 aliphatic rings. The standard InChI is InChI=1S/C16H23N3/c1-3-9-17-14-15(2)18-10-12-19(13-11-18)16-7-5-4-6-8-16/h1,4-8,15,17H,9-14H2,2H3. The van der Waals surface area contributed by atoms with Crippen LogP contribution in [0.4, 0.5) is 5.69 Å². The molecule has 102 valence electrons. The van der Waals surface area contributed by atoms with Gasteiger partial charge in [-0.1, -0.05) is 24.1 Å². The van der Waals surface area contributed by atoms with Gasteiger partial charge in [-0.05, 0) is 19.1 Å². The van der Waals surface area contributed by atoms with Gasteiger partial charge in [0.15, 0.2) is 0 Å². The minimum absolute atomic E-state index is 0.547. The van der Waals surface area contributed by atoms with Crippen LogP contribution in [0.2, 0.25) is 0 Å². The summed E-state index contributed by atoms with van der Waals surface area (Å²) >= 11 is 0. The van der Waals surface area contributed by atoms with Gasteiger partial charge in [-0.2, -0.15) is 0 Å². The SMILES string of the molecule is C#CCNCC(C)N1CCN(c2ccccc2)CC1. The molecule has 0 aliphatic carbocycles. The number of nitrogens with zero attached hydrogens (tertiary/aromatic N) is 2. The largest absolute Gasteiger partial charge is 0.369 e. The van der Waals surface area contributed by atoms with Crippen LogP contribution in [0.5, 0.6) is 0 Å². The predicted molar refractivity (Wildman–Crippen MR) is 81.4 cm³/mol. The van der Waals surface area contributed by atoms with Gasteiger partial charge in [0.05, 0.1) is 6.54 Å². The highest BCUT2D eigenvalue weighted by molar-refractivity contribution is 5.46. The van der Waals surface area contributed by atoms with E-state index in [0.717, 1.165) is 32.7 Å². The molecular weight excluding hydrogens is 234 g/mol. The highest BCUT2D eigenvalue weighted by Gasteiger charge is 2.20. The van der Waals surface area contributed by atoms with Crippen LogP contribution in [0.15, 0.2) is 30.3 Å². The van der Waals surface area contributed by atoms with Crippen LogP contribution in [-0.4, -0.2) is 50.2 Å². The van der Waals surface area contributed by atoms with Gasteiger partial charge >= 0.3 is 0 Å². The Bertz CT molecular complexity index is 402. The van der Waals surface area contributed by atoms with Crippen molar-refractivity contribution in [3.8, 4) is 12.3 Å². The molecule has 0 spiro atoms. The lowest BCUT2D eigenvalue weighted by atomic mass is 10.2. The van der Waals surface area contributed by atoms with E-state index in [4.69, 9.17) is 6.42 Å². The average molecular weight is 257 g/mol. The van der Waals surface area contributed by atoms with E-state index in [2.05, 4.69) is 58.3 Å². The molecule has 0 saturated carbocycles. The van der Waals surface area contributed by atoms with Gasteiger partial charge in [0.2, 0.25) is 0 Å². The smallest absolute Gasteiger partial charge is 0.0574 e. The monoisotopic (exact) mass is 257 g/mol. The second kappa shape index (κ2) is 7.18. The zero-order chi connectivity index (χ0) is 13.5. The molecule has 1 fully saturated rings. The first-order valence-corrected chi connectivity index (χ1v) is 6.99. The van der Waals surface area contributed by atoms with Crippen molar-refractivity contribution in [2.45, 2.75) is 13.0 Å². The van der Waals surface area contributed by atoms with Crippen molar-refractivity contribution in [2.24, 2.45) is 0 Å².